The standard InChI is InChI=1S/2C15H12BrN/c2*16-14-8-4-7-13-9-10-17(15(13)14)11-12-5-2-1-3-6-12/h2*1-10H,11H2. The van der Waals surface area contributed by atoms with Crippen molar-refractivity contribution in [3.05, 3.63) is 142 Å². The molecule has 0 bridgehead atoms. The molecule has 0 saturated heterocycles. The summed E-state index contributed by atoms with van der Waals surface area (Å²) in [7, 11) is 0. The molecule has 2 heterocycles. The molecule has 34 heavy (non-hydrogen) atoms. The van der Waals surface area contributed by atoms with Crippen LogP contribution in [0.1, 0.15) is 11.1 Å². The number of para-hydroxylation sites is 2. The van der Waals surface area contributed by atoms with Crippen LogP contribution in [0.25, 0.3) is 21.8 Å². The summed E-state index contributed by atoms with van der Waals surface area (Å²) in [5.41, 5.74) is 5.16. The molecule has 0 unspecified atom stereocenters. The fraction of sp³-hybridized carbons (Fsp3) is 0.0667. The van der Waals surface area contributed by atoms with Gasteiger partial charge in [0.25, 0.3) is 0 Å². The average Bonchev–Trinajstić information content (AvgIpc) is 3.47. The molecule has 0 spiro atoms. The average molecular weight is 572 g/mol. The minimum Gasteiger partial charge on any atom is -0.342 e. The Bertz CT molecular complexity index is 1400. The number of hydrogen-bond acceptors (Lipinski definition) is 0. The Balaban J connectivity index is 0.000000142. The van der Waals surface area contributed by atoms with Gasteiger partial charge in [0, 0.05) is 45.2 Å². The third-order valence-electron chi connectivity index (χ3n) is 5.87. The fourth-order valence-corrected chi connectivity index (χ4v) is 5.47. The molecule has 6 aromatic rings. The first-order chi connectivity index (χ1) is 16.7. The second kappa shape index (κ2) is 10.5. The van der Waals surface area contributed by atoms with Gasteiger partial charge in [-0.1, -0.05) is 84.9 Å². The Labute approximate surface area is 216 Å². The minimum absolute atomic E-state index is 0.910. The van der Waals surface area contributed by atoms with E-state index in [1.807, 2.05) is 12.1 Å². The van der Waals surface area contributed by atoms with Gasteiger partial charge in [-0.2, -0.15) is 0 Å². The van der Waals surface area contributed by atoms with E-state index in [4.69, 9.17) is 0 Å². The predicted molar refractivity (Wildman–Crippen MR) is 150 cm³/mol. The summed E-state index contributed by atoms with van der Waals surface area (Å²) < 4.78 is 6.84. The van der Waals surface area contributed by atoms with Crippen molar-refractivity contribution < 1.29 is 0 Å². The molecule has 2 nitrogen and oxygen atoms in total. The van der Waals surface area contributed by atoms with Crippen molar-refractivity contribution in [1.29, 1.82) is 0 Å². The Morgan fingerprint density at radius 1 is 0.441 bits per heavy atom. The predicted octanol–water partition coefficient (Wildman–Crippen LogP) is 8.90. The zero-order chi connectivity index (χ0) is 23.3. The van der Waals surface area contributed by atoms with Crippen LogP contribution >= 0.6 is 31.9 Å². The Hall–Kier alpha value is -3.08. The summed E-state index contributed by atoms with van der Waals surface area (Å²) in [4.78, 5) is 0. The van der Waals surface area contributed by atoms with Crippen molar-refractivity contribution >= 4 is 53.7 Å². The molecule has 168 valence electrons. The summed E-state index contributed by atoms with van der Waals surface area (Å²) >= 11 is 7.24. The van der Waals surface area contributed by atoms with Gasteiger partial charge >= 0.3 is 0 Å². The van der Waals surface area contributed by atoms with Gasteiger partial charge < -0.3 is 9.13 Å². The maximum Gasteiger partial charge on any atom is 0.0627 e. The van der Waals surface area contributed by atoms with Crippen LogP contribution in [0, 0.1) is 0 Å². The van der Waals surface area contributed by atoms with Gasteiger partial charge in [0.1, 0.15) is 0 Å². The molecule has 2 aromatic heterocycles. The van der Waals surface area contributed by atoms with Gasteiger partial charge in [-0.3, -0.25) is 0 Å². The number of aromatic nitrogens is 2. The first-order valence-electron chi connectivity index (χ1n) is 11.2. The lowest BCUT2D eigenvalue weighted by Gasteiger charge is -2.06. The quantitative estimate of drug-likeness (QED) is 0.200. The molecule has 4 heteroatoms. The first kappa shape index (κ1) is 22.7. The van der Waals surface area contributed by atoms with Gasteiger partial charge in [-0.15, -0.1) is 0 Å². The van der Waals surface area contributed by atoms with Crippen LogP contribution in [0.4, 0.5) is 0 Å². The first-order valence-corrected chi connectivity index (χ1v) is 12.8. The van der Waals surface area contributed by atoms with Gasteiger partial charge in [0.05, 0.1) is 11.0 Å². The molecular weight excluding hydrogens is 548 g/mol. The highest BCUT2D eigenvalue weighted by molar-refractivity contribution is 9.11. The monoisotopic (exact) mass is 570 g/mol. The van der Waals surface area contributed by atoms with Crippen molar-refractivity contribution in [2.24, 2.45) is 0 Å². The van der Waals surface area contributed by atoms with Gasteiger partial charge in [-0.25, -0.2) is 0 Å². The lowest BCUT2D eigenvalue weighted by atomic mass is 10.2. The molecule has 4 aromatic carbocycles. The summed E-state index contributed by atoms with van der Waals surface area (Å²) in [6.07, 6.45) is 4.28. The van der Waals surface area contributed by atoms with Crippen molar-refractivity contribution in [1.82, 2.24) is 9.13 Å². The van der Waals surface area contributed by atoms with Crippen molar-refractivity contribution in [2.75, 3.05) is 0 Å². The third kappa shape index (κ3) is 5.03. The molecule has 0 amide bonds. The van der Waals surface area contributed by atoms with E-state index in [2.05, 4.69) is 150 Å². The number of benzene rings is 4. The van der Waals surface area contributed by atoms with E-state index in [9.17, 15) is 0 Å². The molecule has 6 rings (SSSR count). The van der Waals surface area contributed by atoms with E-state index in [0.29, 0.717) is 0 Å². The normalized spacial score (nSPS) is 10.9. The maximum absolute atomic E-state index is 3.62. The molecule has 0 saturated carbocycles. The topological polar surface area (TPSA) is 9.86 Å². The zero-order valence-electron chi connectivity index (χ0n) is 18.6. The van der Waals surface area contributed by atoms with Crippen molar-refractivity contribution in [3.8, 4) is 0 Å². The van der Waals surface area contributed by atoms with E-state index in [0.717, 1.165) is 22.0 Å². The van der Waals surface area contributed by atoms with Crippen LogP contribution in [0.5, 0.6) is 0 Å². The summed E-state index contributed by atoms with van der Waals surface area (Å²) in [6.45, 7) is 1.82. The Morgan fingerprint density at radius 3 is 1.26 bits per heavy atom. The van der Waals surface area contributed by atoms with Gasteiger partial charge in [0.2, 0.25) is 0 Å². The summed E-state index contributed by atoms with van der Waals surface area (Å²) in [5, 5.41) is 2.55. The number of nitrogens with zero attached hydrogens (tertiary/aromatic N) is 2. The SMILES string of the molecule is Brc1cccc2ccn(Cc3ccccc3)c12.Brc1cccc2ccn(Cc3ccccc3)c12. The molecule has 0 aliphatic carbocycles. The summed E-state index contributed by atoms with van der Waals surface area (Å²) in [5.74, 6) is 0. The lowest BCUT2D eigenvalue weighted by Crippen LogP contribution is -1.97. The molecule has 0 aliphatic rings. The van der Waals surface area contributed by atoms with Gasteiger partial charge in [0.15, 0.2) is 0 Å². The maximum atomic E-state index is 3.62. The number of rotatable bonds is 4. The molecule has 0 radical (unpaired) electrons. The lowest BCUT2D eigenvalue weighted by molar-refractivity contribution is 0.835. The number of hydrogen-bond donors (Lipinski definition) is 0. The van der Waals surface area contributed by atoms with Crippen LogP contribution in [0.2, 0.25) is 0 Å². The highest BCUT2D eigenvalue weighted by atomic mass is 79.9. The van der Waals surface area contributed by atoms with E-state index in [1.165, 1.54) is 32.9 Å². The fourth-order valence-electron chi connectivity index (χ4n) is 4.25. The van der Waals surface area contributed by atoms with Crippen LogP contribution in [0.3, 0.4) is 0 Å². The summed E-state index contributed by atoms with van der Waals surface area (Å²) in [6, 6.07) is 37.9. The number of fused-ring (bicyclic) bond motifs is 2. The second-order valence-corrected chi connectivity index (χ2v) is 9.92. The third-order valence-corrected chi connectivity index (χ3v) is 7.15. The van der Waals surface area contributed by atoms with Crippen LogP contribution in [-0.4, -0.2) is 9.13 Å². The van der Waals surface area contributed by atoms with Crippen LogP contribution in [0.15, 0.2) is 131 Å². The highest BCUT2D eigenvalue weighted by Crippen LogP contribution is 2.26. The second-order valence-electron chi connectivity index (χ2n) is 8.21. The van der Waals surface area contributed by atoms with E-state index in [-0.39, 0.29) is 0 Å². The smallest absolute Gasteiger partial charge is 0.0627 e. The van der Waals surface area contributed by atoms with Crippen LogP contribution in [-0.2, 0) is 13.1 Å². The molecule has 0 fully saturated rings. The Morgan fingerprint density at radius 2 is 0.853 bits per heavy atom. The highest BCUT2D eigenvalue weighted by Gasteiger charge is 2.05. The van der Waals surface area contributed by atoms with E-state index < -0.39 is 0 Å². The number of halogens is 2. The molecule has 0 N–H and O–H groups in total. The van der Waals surface area contributed by atoms with E-state index in [1.54, 1.807) is 0 Å². The van der Waals surface area contributed by atoms with Crippen molar-refractivity contribution in [2.45, 2.75) is 13.1 Å². The molecule has 0 atom stereocenters. The largest absolute Gasteiger partial charge is 0.342 e. The Kier molecular flexibility index (Phi) is 6.98. The minimum atomic E-state index is 0.910. The van der Waals surface area contributed by atoms with Crippen LogP contribution < -0.4 is 0 Å². The molecule has 0 aliphatic heterocycles. The van der Waals surface area contributed by atoms with Gasteiger partial charge in [-0.05, 0) is 67.3 Å². The van der Waals surface area contributed by atoms with E-state index >= 15 is 0 Å². The molecular formula is C30H24Br2N2. The van der Waals surface area contributed by atoms with Crippen molar-refractivity contribution in [3.63, 3.8) is 0 Å². The zero-order valence-corrected chi connectivity index (χ0v) is 21.8.